The number of hydrogen-bond acceptors (Lipinski definition) is 2. The Balaban J connectivity index is 1.79. The quantitative estimate of drug-likeness (QED) is 0.417. The second-order valence-electron chi connectivity index (χ2n) is 7.69. The summed E-state index contributed by atoms with van der Waals surface area (Å²) in [5.74, 6) is -1.70. The number of rotatable bonds is 5. The molecule has 0 aromatic heterocycles. The van der Waals surface area contributed by atoms with Gasteiger partial charge in [-0.1, -0.05) is 54.1 Å². The predicted molar refractivity (Wildman–Crippen MR) is 111 cm³/mol. The van der Waals surface area contributed by atoms with Crippen LogP contribution in [0.15, 0.2) is 66.7 Å². The summed E-state index contributed by atoms with van der Waals surface area (Å²) in [6.07, 6.45) is -12.1. The lowest BCUT2D eigenvalue weighted by Gasteiger charge is -2.32. The molecule has 0 saturated heterocycles. The van der Waals surface area contributed by atoms with Gasteiger partial charge in [-0.3, -0.25) is 4.79 Å². The highest BCUT2D eigenvalue weighted by Crippen LogP contribution is 2.50. The number of nitrogens with one attached hydrogen (secondary N) is 1. The molecule has 0 aliphatic carbocycles. The third-order valence-corrected chi connectivity index (χ3v) is 5.17. The molecule has 0 aliphatic heterocycles. The summed E-state index contributed by atoms with van der Waals surface area (Å²) in [6.45, 7) is 1.91. The van der Waals surface area contributed by atoms with Crippen LogP contribution >= 0.6 is 0 Å². The Morgan fingerprint density at radius 2 is 1.41 bits per heavy atom. The van der Waals surface area contributed by atoms with Gasteiger partial charge in [-0.05, 0) is 36.2 Å². The molecule has 2 N–H and O–H groups in total. The molecule has 34 heavy (non-hydrogen) atoms. The van der Waals surface area contributed by atoms with Crippen molar-refractivity contribution in [1.29, 1.82) is 0 Å². The average molecular weight is 485 g/mol. The number of aliphatic hydroxyl groups is 1. The van der Waals surface area contributed by atoms with Gasteiger partial charge in [-0.2, -0.15) is 26.3 Å². The van der Waals surface area contributed by atoms with E-state index < -0.39 is 29.3 Å². The largest absolute Gasteiger partial charge is 0.430 e. The van der Waals surface area contributed by atoms with Crippen LogP contribution in [0.5, 0.6) is 0 Å². The molecule has 3 aromatic rings. The molecule has 3 nitrogen and oxygen atoms in total. The molecule has 3 rings (SSSR count). The lowest BCUT2D eigenvalue weighted by Crippen LogP contribution is -2.53. The molecule has 180 valence electrons. The molecule has 1 amide bonds. The number of anilines is 1. The molecule has 0 spiro atoms. The summed E-state index contributed by atoms with van der Waals surface area (Å²) in [5, 5.41) is 12.1. The van der Waals surface area contributed by atoms with Crippen LogP contribution < -0.4 is 5.32 Å². The van der Waals surface area contributed by atoms with E-state index in [4.69, 9.17) is 0 Å². The number of hydrogen-bond donors (Lipinski definition) is 2. The number of alkyl halides is 6. The Kier molecular flexibility index (Phi) is 6.75. The number of benzene rings is 3. The molecule has 0 radical (unpaired) electrons. The van der Waals surface area contributed by atoms with Crippen LogP contribution in [0.25, 0.3) is 11.1 Å². The highest BCUT2D eigenvalue weighted by Gasteiger charge is 2.71. The minimum atomic E-state index is -6.11. The highest BCUT2D eigenvalue weighted by atomic mass is 19.4. The van der Waals surface area contributed by atoms with Gasteiger partial charge in [0.25, 0.3) is 5.60 Å². The summed E-state index contributed by atoms with van der Waals surface area (Å²) < 4.78 is 92.6. The van der Waals surface area contributed by atoms with Crippen molar-refractivity contribution in [2.75, 3.05) is 5.32 Å². The first-order valence-electron chi connectivity index (χ1n) is 9.84. The lowest BCUT2D eigenvalue weighted by atomic mass is 9.90. The molecular formula is C24H18F7NO2. The fraction of sp³-hybridized carbons (Fsp3) is 0.208. The van der Waals surface area contributed by atoms with Gasteiger partial charge >= 0.3 is 12.4 Å². The highest BCUT2D eigenvalue weighted by molar-refractivity contribution is 5.92. The van der Waals surface area contributed by atoms with Gasteiger partial charge in [-0.15, -0.1) is 0 Å². The smallest absolute Gasteiger partial charge is 0.369 e. The number of carbonyl (C=O) groups excluding carboxylic acids is 1. The summed E-state index contributed by atoms with van der Waals surface area (Å²) in [7, 11) is 0. The zero-order valence-corrected chi connectivity index (χ0v) is 17.6. The van der Waals surface area contributed by atoms with Gasteiger partial charge < -0.3 is 10.4 Å². The molecule has 0 saturated carbocycles. The van der Waals surface area contributed by atoms with Gasteiger partial charge in [0.2, 0.25) is 5.91 Å². The van der Waals surface area contributed by atoms with Crippen molar-refractivity contribution in [1.82, 2.24) is 0 Å². The van der Waals surface area contributed by atoms with E-state index in [-0.39, 0.29) is 29.5 Å². The Hall–Kier alpha value is -3.40. The number of aryl methyl sites for hydroxylation is 1. The Morgan fingerprint density at radius 1 is 0.853 bits per heavy atom. The van der Waals surface area contributed by atoms with Crippen LogP contribution in [-0.2, 0) is 16.8 Å². The summed E-state index contributed by atoms with van der Waals surface area (Å²) in [5.41, 5.74) is -4.85. The van der Waals surface area contributed by atoms with E-state index in [1.165, 1.54) is 24.3 Å². The van der Waals surface area contributed by atoms with Crippen molar-refractivity contribution in [3.63, 3.8) is 0 Å². The molecule has 0 atom stereocenters. The second-order valence-corrected chi connectivity index (χ2v) is 7.69. The zero-order valence-electron chi connectivity index (χ0n) is 17.6. The SMILES string of the molecule is Cc1ccc(CC(=O)Nc2ccc(-c3ccc(C(O)(C(F)(F)F)C(F)(F)F)cc3F)cc2)cc1. The fourth-order valence-corrected chi connectivity index (χ4v) is 3.29. The predicted octanol–water partition coefficient (Wildman–Crippen LogP) is 6.29. The molecule has 0 heterocycles. The van der Waals surface area contributed by atoms with Crippen molar-refractivity contribution in [3.05, 3.63) is 89.2 Å². The van der Waals surface area contributed by atoms with E-state index in [9.17, 15) is 40.6 Å². The molecule has 0 bridgehead atoms. The van der Waals surface area contributed by atoms with Crippen molar-refractivity contribution >= 4 is 11.6 Å². The maximum atomic E-state index is 14.5. The first-order valence-corrected chi connectivity index (χ1v) is 9.84. The molecule has 10 heteroatoms. The van der Waals surface area contributed by atoms with Crippen LogP contribution in [-0.4, -0.2) is 23.4 Å². The first-order chi connectivity index (χ1) is 15.7. The number of carbonyl (C=O) groups is 1. The Bertz CT molecular complexity index is 1150. The molecule has 0 unspecified atom stereocenters. The molecular weight excluding hydrogens is 467 g/mol. The van der Waals surface area contributed by atoms with E-state index in [0.29, 0.717) is 11.8 Å². The summed E-state index contributed by atoms with van der Waals surface area (Å²) in [6, 6.07) is 14.0. The van der Waals surface area contributed by atoms with Crippen LogP contribution in [0, 0.1) is 12.7 Å². The van der Waals surface area contributed by atoms with Gasteiger partial charge in [0.1, 0.15) is 5.82 Å². The monoisotopic (exact) mass is 485 g/mol. The van der Waals surface area contributed by atoms with Crippen LogP contribution in [0.4, 0.5) is 36.4 Å². The summed E-state index contributed by atoms with van der Waals surface area (Å²) in [4.78, 5) is 12.2. The topological polar surface area (TPSA) is 49.3 Å². The Labute approximate surface area is 189 Å². The van der Waals surface area contributed by atoms with Gasteiger partial charge in [0, 0.05) is 16.8 Å². The summed E-state index contributed by atoms with van der Waals surface area (Å²) >= 11 is 0. The van der Waals surface area contributed by atoms with Gasteiger partial charge in [0.15, 0.2) is 0 Å². The average Bonchev–Trinajstić information content (AvgIpc) is 2.74. The first kappa shape index (κ1) is 25.2. The normalized spacial score (nSPS) is 12.5. The van der Waals surface area contributed by atoms with Crippen LogP contribution in [0.2, 0.25) is 0 Å². The maximum Gasteiger partial charge on any atom is 0.430 e. The fourth-order valence-electron chi connectivity index (χ4n) is 3.29. The Morgan fingerprint density at radius 3 is 1.91 bits per heavy atom. The third kappa shape index (κ3) is 5.06. The zero-order chi connectivity index (χ0) is 25.3. The van der Waals surface area contributed by atoms with Crippen LogP contribution in [0.1, 0.15) is 16.7 Å². The van der Waals surface area contributed by atoms with Crippen LogP contribution in [0.3, 0.4) is 0 Å². The molecule has 3 aromatic carbocycles. The van der Waals surface area contributed by atoms with E-state index in [0.717, 1.165) is 17.2 Å². The van der Waals surface area contributed by atoms with E-state index in [2.05, 4.69) is 5.32 Å². The van der Waals surface area contributed by atoms with Gasteiger partial charge in [-0.25, -0.2) is 4.39 Å². The maximum absolute atomic E-state index is 14.5. The van der Waals surface area contributed by atoms with E-state index in [1.54, 1.807) is 0 Å². The number of halogens is 7. The van der Waals surface area contributed by atoms with E-state index >= 15 is 0 Å². The third-order valence-electron chi connectivity index (χ3n) is 5.17. The van der Waals surface area contributed by atoms with Crippen molar-refractivity contribution in [2.45, 2.75) is 31.3 Å². The minimum absolute atomic E-state index is 0.00751. The standard InChI is InChI=1S/C24H18F7NO2/c1-14-2-4-15(5-3-14)12-21(33)32-18-9-6-16(7-10-18)19-11-8-17(13-20(19)25)22(34,23(26,27)28)24(29,30)31/h2-11,13,34H,12H2,1H3,(H,32,33). The molecule has 0 fully saturated rings. The second kappa shape index (κ2) is 9.09. The minimum Gasteiger partial charge on any atom is -0.369 e. The van der Waals surface area contributed by atoms with Crippen molar-refractivity contribution < 1.29 is 40.6 Å². The van der Waals surface area contributed by atoms with Crippen molar-refractivity contribution in [2.24, 2.45) is 0 Å². The molecule has 0 aliphatic rings. The van der Waals surface area contributed by atoms with Gasteiger partial charge in [0.05, 0.1) is 6.42 Å². The lowest BCUT2D eigenvalue weighted by molar-refractivity contribution is -0.376. The van der Waals surface area contributed by atoms with Crippen molar-refractivity contribution in [3.8, 4) is 11.1 Å². The number of amides is 1. The van der Waals surface area contributed by atoms with E-state index in [1.807, 2.05) is 31.2 Å².